The van der Waals surface area contributed by atoms with Crippen LogP contribution in [0.2, 0.25) is 0 Å². The first-order valence-corrected chi connectivity index (χ1v) is 8.85. The van der Waals surface area contributed by atoms with Crippen molar-refractivity contribution in [2.45, 2.75) is 37.3 Å². The Hall–Kier alpha value is -2.51. The lowest BCUT2D eigenvalue weighted by atomic mass is 9.98. The van der Waals surface area contributed by atoms with Crippen LogP contribution < -0.4 is 10.5 Å². The van der Waals surface area contributed by atoms with Crippen molar-refractivity contribution in [3.63, 3.8) is 0 Å². The molecule has 1 fully saturated rings. The van der Waals surface area contributed by atoms with Crippen molar-refractivity contribution in [2.24, 2.45) is 5.73 Å². The van der Waals surface area contributed by atoms with Crippen LogP contribution in [0.25, 0.3) is 0 Å². The Morgan fingerprint density at radius 1 is 1.04 bits per heavy atom. The van der Waals surface area contributed by atoms with Crippen LogP contribution in [0.5, 0.6) is 5.75 Å². The molecule has 28 heavy (non-hydrogen) atoms. The fourth-order valence-electron chi connectivity index (χ4n) is 3.35. The normalized spacial score (nSPS) is 16.4. The molecule has 148 valence electrons. The molecule has 1 unspecified atom stereocenters. The highest BCUT2D eigenvalue weighted by Crippen LogP contribution is 2.36. The van der Waals surface area contributed by atoms with Crippen molar-refractivity contribution in [2.75, 3.05) is 0 Å². The van der Waals surface area contributed by atoms with Gasteiger partial charge in [0.25, 0.3) is 5.89 Å². The fraction of sp³-hybridized carbons (Fsp3) is 0.300. The zero-order valence-electron chi connectivity index (χ0n) is 15.0. The first kappa shape index (κ1) is 20.2. The molecule has 0 aliphatic heterocycles. The van der Waals surface area contributed by atoms with E-state index in [9.17, 15) is 8.78 Å². The number of halogens is 3. The topological polar surface area (TPSA) is 74.2 Å². The average Bonchev–Trinajstić information content (AvgIpc) is 3.34. The molecule has 0 bridgehead atoms. The quantitative estimate of drug-likeness (QED) is 0.665. The van der Waals surface area contributed by atoms with Crippen molar-refractivity contribution in [1.82, 2.24) is 10.1 Å². The van der Waals surface area contributed by atoms with E-state index in [1.807, 2.05) is 30.3 Å². The molecule has 1 saturated carbocycles. The number of benzene rings is 2. The first-order chi connectivity index (χ1) is 13.0. The van der Waals surface area contributed by atoms with E-state index >= 15 is 0 Å². The van der Waals surface area contributed by atoms with Crippen molar-refractivity contribution in [3.05, 3.63) is 77.4 Å². The van der Waals surface area contributed by atoms with Gasteiger partial charge in [0.05, 0.1) is 5.54 Å². The molecular formula is C20H20ClF2N3O2. The van der Waals surface area contributed by atoms with Gasteiger partial charge in [0, 0.05) is 11.6 Å². The number of rotatable bonds is 5. The predicted molar refractivity (Wildman–Crippen MR) is 101 cm³/mol. The molecule has 3 aromatic rings. The van der Waals surface area contributed by atoms with E-state index in [2.05, 4.69) is 10.1 Å². The largest absolute Gasteiger partial charge is 0.476 e. The Morgan fingerprint density at radius 3 is 2.43 bits per heavy atom. The molecule has 2 N–H and O–H groups in total. The maximum absolute atomic E-state index is 13.6. The van der Waals surface area contributed by atoms with Gasteiger partial charge in [0.1, 0.15) is 5.75 Å². The summed E-state index contributed by atoms with van der Waals surface area (Å²) in [5.41, 5.74) is 6.56. The van der Waals surface area contributed by atoms with E-state index in [-0.39, 0.29) is 24.0 Å². The van der Waals surface area contributed by atoms with E-state index in [0.717, 1.165) is 43.4 Å². The summed E-state index contributed by atoms with van der Waals surface area (Å²) in [6.45, 7) is 0. The van der Waals surface area contributed by atoms with Crippen molar-refractivity contribution in [1.29, 1.82) is 0 Å². The number of ether oxygens (including phenoxy) is 1. The monoisotopic (exact) mass is 407 g/mol. The number of hydrogen-bond donors (Lipinski definition) is 1. The van der Waals surface area contributed by atoms with Gasteiger partial charge in [-0.3, -0.25) is 0 Å². The smallest absolute Gasteiger partial charge is 0.272 e. The number of aromatic nitrogens is 2. The second-order valence-electron chi connectivity index (χ2n) is 6.80. The lowest BCUT2D eigenvalue weighted by Crippen LogP contribution is -2.34. The van der Waals surface area contributed by atoms with Crippen molar-refractivity contribution in [3.8, 4) is 5.75 Å². The van der Waals surface area contributed by atoms with Crippen LogP contribution in [0.1, 0.15) is 49.1 Å². The van der Waals surface area contributed by atoms with Gasteiger partial charge in [0.15, 0.2) is 17.5 Å². The number of nitrogens with two attached hydrogens (primary N) is 1. The molecule has 0 amide bonds. The van der Waals surface area contributed by atoms with Crippen molar-refractivity contribution >= 4 is 12.4 Å². The highest BCUT2D eigenvalue weighted by atomic mass is 35.5. The molecule has 0 saturated heterocycles. The molecule has 1 atom stereocenters. The Kier molecular flexibility index (Phi) is 5.96. The predicted octanol–water partition coefficient (Wildman–Crippen LogP) is 4.67. The van der Waals surface area contributed by atoms with Gasteiger partial charge < -0.3 is 15.0 Å². The third kappa shape index (κ3) is 4.00. The third-order valence-corrected chi connectivity index (χ3v) is 4.85. The van der Waals surface area contributed by atoms with Crippen molar-refractivity contribution < 1.29 is 18.0 Å². The lowest BCUT2D eigenvalue weighted by molar-refractivity contribution is 0.192. The number of hydrogen-bond acceptors (Lipinski definition) is 5. The summed E-state index contributed by atoms with van der Waals surface area (Å²) in [6, 6.07) is 12.6. The molecule has 4 rings (SSSR count). The van der Waals surface area contributed by atoms with E-state index in [0.29, 0.717) is 5.82 Å². The van der Waals surface area contributed by atoms with Gasteiger partial charge in [-0.15, -0.1) is 12.4 Å². The maximum Gasteiger partial charge on any atom is 0.272 e. The molecule has 5 nitrogen and oxygen atoms in total. The molecular weight excluding hydrogens is 388 g/mol. The van der Waals surface area contributed by atoms with Gasteiger partial charge in [0.2, 0.25) is 6.10 Å². The molecule has 1 aromatic heterocycles. The summed E-state index contributed by atoms with van der Waals surface area (Å²) in [5, 5.41) is 4.06. The SMILES string of the molecule is Cl.NC1(c2noc(C(Oc3ccc(F)c(F)c3)c3ccccc3)n2)CCCC1. The summed E-state index contributed by atoms with van der Waals surface area (Å²) in [6.07, 6.45) is 2.88. The van der Waals surface area contributed by atoms with Crippen LogP contribution in [0.4, 0.5) is 8.78 Å². The minimum atomic E-state index is -0.989. The summed E-state index contributed by atoms with van der Waals surface area (Å²) in [4.78, 5) is 4.48. The molecule has 2 aromatic carbocycles. The van der Waals surface area contributed by atoms with Crippen LogP contribution >= 0.6 is 12.4 Å². The van der Waals surface area contributed by atoms with Crippen LogP contribution in [-0.2, 0) is 5.54 Å². The second-order valence-corrected chi connectivity index (χ2v) is 6.80. The minimum Gasteiger partial charge on any atom is -0.476 e. The van der Waals surface area contributed by atoms with Gasteiger partial charge in [-0.1, -0.05) is 48.3 Å². The first-order valence-electron chi connectivity index (χ1n) is 8.85. The molecule has 1 aliphatic carbocycles. The Labute approximate surface area is 167 Å². The molecule has 0 radical (unpaired) electrons. The second kappa shape index (κ2) is 8.24. The summed E-state index contributed by atoms with van der Waals surface area (Å²) < 4.78 is 38.1. The van der Waals surface area contributed by atoms with Crippen LogP contribution in [0.3, 0.4) is 0 Å². The molecule has 8 heteroatoms. The maximum atomic E-state index is 13.6. The number of nitrogens with zero attached hydrogens (tertiary/aromatic N) is 2. The Balaban J connectivity index is 0.00000225. The van der Waals surface area contributed by atoms with Crippen LogP contribution in [0.15, 0.2) is 53.1 Å². The highest BCUT2D eigenvalue weighted by molar-refractivity contribution is 5.85. The van der Waals surface area contributed by atoms with Gasteiger partial charge in [-0.25, -0.2) is 8.78 Å². The van der Waals surface area contributed by atoms with E-state index in [1.54, 1.807) is 0 Å². The van der Waals surface area contributed by atoms with Gasteiger partial charge in [-0.05, 0) is 25.0 Å². The third-order valence-electron chi connectivity index (χ3n) is 4.85. The fourth-order valence-corrected chi connectivity index (χ4v) is 3.35. The Bertz CT molecular complexity index is 930. The summed E-state index contributed by atoms with van der Waals surface area (Å²) in [7, 11) is 0. The van der Waals surface area contributed by atoms with Crippen LogP contribution in [0, 0.1) is 11.6 Å². The van der Waals surface area contributed by atoms with E-state index in [4.69, 9.17) is 15.0 Å². The van der Waals surface area contributed by atoms with E-state index < -0.39 is 23.3 Å². The molecule has 0 spiro atoms. The van der Waals surface area contributed by atoms with Gasteiger partial charge in [-0.2, -0.15) is 4.98 Å². The zero-order valence-corrected chi connectivity index (χ0v) is 15.8. The average molecular weight is 408 g/mol. The summed E-state index contributed by atoms with van der Waals surface area (Å²) >= 11 is 0. The van der Waals surface area contributed by atoms with E-state index in [1.165, 1.54) is 6.07 Å². The molecule has 1 aliphatic rings. The Morgan fingerprint density at radius 2 is 1.75 bits per heavy atom. The van der Waals surface area contributed by atoms with Crippen LogP contribution in [-0.4, -0.2) is 10.1 Å². The molecule has 1 heterocycles. The highest BCUT2D eigenvalue weighted by Gasteiger charge is 2.37. The minimum absolute atomic E-state index is 0. The summed E-state index contributed by atoms with van der Waals surface area (Å²) in [5.74, 6) is -1.10. The lowest BCUT2D eigenvalue weighted by Gasteiger charge is -2.18. The standard InChI is InChI=1S/C20H19F2N3O2.ClH/c21-15-9-8-14(12-16(15)22)26-17(13-6-2-1-3-7-13)18-24-19(25-27-18)20(23)10-4-5-11-20;/h1-3,6-9,12,17H,4-5,10-11,23H2;1H. The zero-order chi connectivity index (χ0) is 18.9. The van der Waals surface area contributed by atoms with Gasteiger partial charge >= 0.3 is 0 Å².